The average molecular weight is 262 g/mol. The molecule has 0 saturated carbocycles. The Bertz CT molecular complexity index is 504. The quantitative estimate of drug-likeness (QED) is 0.408. The zero-order valence-electron chi connectivity index (χ0n) is 11.1. The molecule has 1 unspecified atom stereocenters. The smallest absolute Gasteiger partial charge is 0.334 e. The topological polar surface area (TPSA) is 59.1 Å². The Labute approximate surface area is 112 Å². The second kappa shape index (κ2) is 4.05. The molecule has 0 bridgehead atoms. The highest BCUT2D eigenvalue weighted by Gasteiger charge is 2.54. The Balaban J connectivity index is 1.97. The Morgan fingerprint density at radius 3 is 3.00 bits per heavy atom. The predicted octanol–water partition coefficient (Wildman–Crippen LogP) is 1.51. The van der Waals surface area contributed by atoms with E-state index in [4.69, 9.17) is 9.47 Å². The number of hydrogen-bond acceptors (Lipinski definition) is 4. The van der Waals surface area contributed by atoms with E-state index in [1.807, 2.05) is 32.1 Å². The molecule has 1 aliphatic carbocycles. The van der Waals surface area contributed by atoms with Crippen LogP contribution in [0.4, 0.5) is 0 Å². The van der Waals surface area contributed by atoms with E-state index in [2.05, 4.69) is 6.58 Å². The van der Waals surface area contributed by atoms with Crippen LogP contribution in [-0.2, 0) is 14.3 Å². The molecule has 0 aromatic carbocycles. The normalized spacial score (nSPS) is 49.5. The number of ether oxygens (including phenoxy) is 2. The number of carbonyl (C=O) groups excluding carboxylic acids is 1. The maximum Gasteiger partial charge on any atom is 0.334 e. The van der Waals surface area contributed by atoms with Crippen molar-refractivity contribution in [3.8, 4) is 0 Å². The van der Waals surface area contributed by atoms with Crippen LogP contribution in [0.3, 0.4) is 0 Å². The van der Waals surface area contributed by atoms with Crippen molar-refractivity contribution in [3.05, 3.63) is 36.0 Å². The van der Waals surface area contributed by atoms with E-state index in [0.29, 0.717) is 12.0 Å². The number of epoxide rings is 1. The number of aliphatic hydroxyl groups is 1. The lowest BCUT2D eigenvalue weighted by Crippen LogP contribution is -2.32. The minimum absolute atomic E-state index is 0.0355. The summed E-state index contributed by atoms with van der Waals surface area (Å²) in [4.78, 5) is 11.6. The molecule has 0 aromatic rings. The standard InChI is InChI=1S/C15H18O4/c1-8-4-5-12-15(3,19-12)7-10(16)13-9(2)14(17)18-11(13)6-8/h4-6,10-13,16H,2,7H2,1,3H3/b5-4+,8-6-/t10-,11-,12+,13?,15+/m1/s1. The Kier molecular flexibility index (Phi) is 2.69. The Morgan fingerprint density at radius 2 is 2.26 bits per heavy atom. The summed E-state index contributed by atoms with van der Waals surface area (Å²) in [5.74, 6) is -0.796. The average Bonchev–Trinajstić information content (AvgIpc) is 2.86. The lowest BCUT2D eigenvalue weighted by Gasteiger charge is -2.23. The van der Waals surface area contributed by atoms with E-state index in [1.165, 1.54) is 0 Å². The van der Waals surface area contributed by atoms with Crippen molar-refractivity contribution in [1.29, 1.82) is 0 Å². The maximum absolute atomic E-state index is 11.6. The number of fused-ring (bicyclic) bond motifs is 2. The van der Waals surface area contributed by atoms with Gasteiger partial charge >= 0.3 is 5.97 Å². The van der Waals surface area contributed by atoms with Crippen molar-refractivity contribution in [2.45, 2.75) is 44.2 Å². The fourth-order valence-corrected chi connectivity index (χ4v) is 2.96. The molecule has 2 fully saturated rings. The highest BCUT2D eigenvalue weighted by Crippen LogP contribution is 2.45. The number of esters is 1. The molecule has 2 aliphatic heterocycles. The summed E-state index contributed by atoms with van der Waals surface area (Å²) in [5.41, 5.74) is 1.00. The molecule has 3 aliphatic rings. The predicted molar refractivity (Wildman–Crippen MR) is 69.3 cm³/mol. The molecular weight excluding hydrogens is 244 g/mol. The van der Waals surface area contributed by atoms with Crippen LogP contribution in [0.1, 0.15) is 20.3 Å². The fourth-order valence-electron chi connectivity index (χ4n) is 2.96. The van der Waals surface area contributed by atoms with Gasteiger partial charge in [0.2, 0.25) is 0 Å². The van der Waals surface area contributed by atoms with Gasteiger partial charge in [0, 0.05) is 12.0 Å². The molecule has 2 saturated heterocycles. The first-order valence-corrected chi connectivity index (χ1v) is 6.53. The third-order valence-corrected chi connectivity index (χ3v) is 4.19. The van der Waals surface area contributed by atoms with E-state index >= 15 is 0 Å². The second-order valence-electron chi connectivity index (χ2n) is 5.81. The molecule has 2 heterocycles. The monoisotopic (exact) mass is 262 g/mol. The summed E-state index contributed by atoms with van der Waals surface area (Å²) in [7, 11) is 0. The minimum atomic E-state index is -0.686. The molecule has 5 atom stereocenters. The van der Waals surface area contributed by atoms with Crippen molar-refractivity contribution >= 4 is 5.97 Å². The molecule has 102 valence electrons. The van der Waals surface area contributed by atoms with Crippen LogP contribution in [0, 0.1) is 5.92 Å². The van der Waals surface area contributed by atoms with Gasteiger partial charge in [-0.2, -0.15) is 0 Å². The van der Waals surface area contributed by atoms with Crippen molar-refractivity contribution < 1.29 is 19.4 Å². The molecule has 0 aromatic heterocycles. The number of carbonyl (C=O) groups is 1. The first-order valence-electron chi connectivity index (χ1n) is 6.53. The fraction of sp³-hybridized carbons (Fsp3) is 0.533. The third-order valence-electron chi connectivity index (χ3n) is 4.19. The van der Waals surface area contributed by atoms with Crippen LogP contribution in [0.15, 0.2) is 36.0 Å². The van der Waals surface area contributed by atoms with Crippen LogP contribution < -0.4 is 0 Å². The van der Waals surface area contributed by atoms with E-state index < -0.39 is 18.2 Å². The summed E-state index contributed by atoms with van der Waals surface area (Å²) >= 11 is 0. The van der Waals surface area contributed by atoms with Crippen LogP contribution in [0.25, 0.3) is 0 Å². The number of hydrogen-bond donors (Lipinski definition) is 1. The first-order chi connectivity index (χ1) is 8.90. The van der Waals surface area contributed by atoms with Crippen molar-refractivity contribution in [3.63, 3.8) is 0 Å². The second-order valence-corrected chi connectivity index (χ2v) is 5.81. The molecule has 0 amide bonds. The summed E-state index contributed by atoms with van der Waals surface area (Å²) in [6.45, 7) is 7.67. The third kappa shape index (κ3) is 2.05. The molecule has 4 nitrogen and oxygen atoms in total. The van der Waals surface area contributed by atoms with E-state index in [9.17, 15) is 9.90 Å². The minimum Gasteiger partial charge on any atom is -0.454 e. The van der Waals surface area contributed by atoms with Crippen LogP contribution in [0.2, 0.25) is 0 Å². The maximum atomic E-state index is 11.6. The summed E-state index contributed by atoms with van der Waals surface area (Å²) in [6.07, 6.45) is 5.22. The van der Waals surface area contributed by atoms with Gasteiger partial charge in [-0.1, -0.05) is 24.3 Å². The number of allylic oxidation sites excluding steroid dienone is 2. The zero-order chi connectivity index (χ0) is 13.8. The SMILES string of the molecule is C=C1C(=O)O[C@@H]2/C=C(C)\C=C\[C@@H]3O[C@@]3(C)C[C@@H](O)C12. The lowest BCUT2D eigenvalue weighted by molar-refractivity contribution is -0.137. The first kappa shape index (κ1) is 12.6. The molecule has 3 rings (SSSR count). The van der Waals surface area contributed by atoms with Gasteiger partial charge in [0.1, 0.15) is 12.2 Å². The van der Waals surface area contributed by atoms with Gasteiger partial charge in [0.05, 0.1) is 17.6 Å². The van der Waals surface area contributed by atoms with E-state index in [1.54, 1.807) is 0 Å². The van der Waals surface area contributed by atoms with Gasteiger partial charge in [-0.3, -0.25) is 0 Å². The van der Waals surface area contributed by atoms with E-state index in [0.717, 1.165) is 5.57 Å². The van der Waals surface area contributed by atoms with Gasteiger partial charge in [-0.15, -0.1) is 0 Å². The highest BCUT2D eigenvalue weighted by molar-refractivity contribution is 5.91. The molecule has 4 heteroatoms. The summed E-state index contributed by atoms with van der Waals surface area (Å²) < 4.78 is 10.9. The molecule has 1 N–H and O–H groups in total. The van der Waals surface area contributed by atoms with Crippen LogP contribution in [0.5, 0.6) is 0 Å². The summed E-state index contributed by atoms with van der Waals surface area (Å²) in [5, 5.41) is 10.4. The van der Waals surface area contributed by atoms with Crippen molar-refractivity contribution in [2.75, 3.05) is 0 Å². The molecule has 0 radical (unpaired) electrons. The van der Waals surface area contributed by atoms with Gasteiger partial charge in [0.15, 0.2) is 0 Å². The van der Waals surface area contributed by atoms with Gasteiger partial charge in [0.25, 0.3) is 0 Å². The summed E-state index contributed by atoms with van der Waals surface area (Å²) in [6, 6.07) is 0. The lowest BCUT2D eigenvalue weighted by atomic mass is 9.84. The van der Waals surface area contributed by atoms with E-state index in [-0.39, 0.29) is 17.6 Å². The molecular formula is C15H18O4. The van der Waals surface area contributed by atoms with Crippen LogP contribution >= 0.6 is 0 Å². The molecule has 19 heavy (non-hydrogen) atoms. The number of aliphatic hydroxyl groups excluding tert-OH is 1. The van der Waals surface area contributed by atoms with Crippen molar-refractivity contribution in [1.82, 2.24) is 0 Å². The zero-order valence-corrected chi connectivity index (χ0v) is 11.1. The van der Waals surface area contributed by atoms with Gasteiger partial charge in [-0.05, 0) is 19.9 Å². The largest absolute Gasteiger partial charge is 0.454 e. The highest BCUT2D eigenvalue weighted by atomic mass is 16.6. The number of rotatable bonds is 0. The Hall–Kier alpha value is -1.39. The van der Waals surface area contributed by atoms with Gasteiger partial charge in [-0.25, -0.2) is 4.79 Å². The van der Waals surface area contributed by atoms with Crippen molar-refractivity contribution in [2.24, 2.45) is 5.92 Å². The Morgan fingerprint density at radius 1 is 1.53 bits per heavy atom. The molecule has 0 spiro atoms. The van der Waals surface area contributed by atoms with Crippen LogP contribution in [-0.4, -0.2) is 35.0 Å². The van der Waals surface area contributed by atoms with Gasteiger partial charge < -0.3 is 14.6 Å².